The van der Waals surface area contributed by atoms with Gasteiger partial charge in [-0.15, -0.1) is 0 Å². The van der Waals surface area contributed by atoms with Gasteiger partial charge in [0.1, 0.15) is 12.3 Å². The number of morpholine rings is 1. The molecule has 2 aromatic carbocycles. The van der Waals surface area contributed by atoms with E-state index in [-0.39, 0.29) is 36.5 Å². The van der Waals surface area contributed by atoms with Crippen molar-refractivity contribution < 1.29 is 19.1 Å². The molecule has 2 aliphatic heterocycles. The topological polar surface area (TPSA) is 68.7 Å². The van der Waals surface area contributed by atoms with E-state index in [4.69, 9.17) is 9.47 Å². The fourth-order valence-electron chi connectivity index (χ4n) is 4.63. The maximum Gasteiger partial charge on any atom is 0.410 e. The molecule has 2 aliphatic rings. The summed E-state index contributed by atoms with van der Waals surface area (Å²) in [5, 5.41) is 1.01. The largest absolute Gasteiger partial charge is 0.445 e. The standard InChI is InChI=1S/C25H24N2O4/c28-24(23-11-10-18-8-4-5-9-22(18)26-23)19-12-20-15-30-16-21(13-19)27(20)25(29)31-14-17-6-2-1-3-7-17/h1-11,19-21H,12-16H2. The van der Waals surface area contributed by atoms with Crippen molar-refractivity contribution in [3.63, 3.8) is 0 Å². The summed E-state index contributed by atoms with van der Waals surface area (Å²) in [6, 6.07) is 20.8. The van der Waals surface area contributed by atoms with E-state index in [1.807, 2.05) is 60.7 Å². The second kappa shape index (κ2) is 8.47. The number of hydrogen-bond donors (Lipinski definition) is 0. The highest BCUT2D eigenvalue weighted by Crippen LogP contribution is 2.34. The molecule has 2 saturated heterocycles. The zero-order chi connectivity index (χ0) is 21.2. The lowest BCUT2D eigenvalue weighted by molar-refractivity contribution is -0.0755. The Kier molecular flexibility index (Phi) is 5.38. The van der Waals surface area contributed by atoms with E-state index in [2.05, 4.69) is 4.98 Å². The second-order valence-electron chi connectivity index (χ2n) is 8.21. The van der Waals surface area contributed by atoms with Crippen LogP contribution in [0.2, 0.25) is 0 Å². The quantitative estimate of drug-likeness (QED) is 0.595. The normalized spacial score (nSPS) is 22.8. The molecule has 2 unspecified atom stereocenters. The van der Waals surface area contributed by atoms with E-state index in [9.17, 15) is 9.59 Å². The molecular formula is C25H24N2O4. The Labute approximate surface area is 180 Å². The zero-order valence-corrected chi connectivity index (χ0v) is 17.1. The smallest absolute Gasteiger partial charge is 0.410 e. The summed E-state index contributed by atoms with van der Waals surface area (Å²) in [5.74, 6) is -0.134. The van der Waals surface area contributed by atoms with Crippen molar-refractivity contribution in [2.75, 3.05) is 13.2 Å². The predicted molar refractivity (Wildman–Crippen MR) is 116 cm³/mol. The van der Waals surface area contributed by atoms with Crippen LogP contribution in [0.5, 0.6) is 0 Å². The number of amides is 1. The number of fused-ring (bicyclic) bond motifs is 3. The number of benzene rings is 2. The molecule has 2 fully saturated rings. The highest BCUT2D eigenvalue weighted by molar-refractivity contribution is 5.98. The Balaban J connectivity index is 1.29. The summed E-state index contributed by atoms with van der Waals surface area (Å²) in [6.07, 6.45) is 0.783. The maximum absolute atomic E-state index is 13.2. The molecule has 1 aromatic heterocycles. The van der Waals surface area contributed by atoms with Crippen LogP contribution in [0.25, 0.3) is 10.9 Å². The fraction of sp³-hybridized carbons (Fsp3) is 0.320. The van der Waals surface area contributed by atoms with Crippen LogP contribution in [-0.4, -0.2) is 47.1 Å². The first-order chi connectivity index (χ1) is 15.2. The molecule has 5 rings (SSSR count). The van der Waals surface area contributed by atoms with Crippen molar-refractivity contribution in [1.82, 2.24) is 9.88 Å². The number of hydrogen-bond acceptors (Lipinski definition) is 5. The molecule has 0 saturated carbocycles. The molecule has 6 nitrogen and oxygen atoms in total. The second-order valence-corrected chi connectivity index (χ2v) is 8.21. The van der Waals surface area contributed by atoms with Gasteiger partial charge >= 0.3 is 6.09 Å². The van der Waals surface area contributed by atoms with Crippen LogP contribution in [0.4, 0.5) is 4.79 Å². The summed E-state index contributed by atoms with van der Waals surface area (Å²) >= 11 is 0. The van der Waals surface area contributed by atoms with Crippen molar-refractivity contribution in [3.8, 4) is 0 Å². The number of pyridine rings is 1. The van der Waals surface area contributed by atoms with Crippen molar-refractivity contribution >= 4 is 22.8 Å². The molecule has 2 atom stereocenters. The number of nitrogens with zero attached hydrogens (tertiary/aromatic N) is 2. The zero-order valence-electron chi connectivity index (χ0n) is 17.1. The highest BCUT2D eigenvalue weighted by Gasteiger charge is 2.44. The summed E-state index contributed by atoms with van der Waals surface area (Å²) in [4.78, 5) is 32.4. The van der Waals surface area contributed by atoms with Crippen molar-refractivity contribution in [1.29, 1.82) is 0 Å². The molecule has 31 heavy (non-hydrogen) atoms. The van der Waals surface area contributed by atoms with Gasteiger partial charge in [0.05, 0.1) is 30.8 Å². The van der Waals surface area contributed by atoms with E-state index >= 15 is 0 Å². The molecule has 0 N–H and O–H groups in total. The number of carbonyl (C=O) groups excluding carboxylic acids is 2. The number of ether oxygens (including phenoxy) is 2. The number of carbonyl (C=O) groups is 2. The first-order valence-electron chi connectivity index (χ1n) is 10.7. The van der Waals surface area contributed by atoms with E-state index < -0.39 is 0 Å². The lowest BCUT2D eigenvalue weighted by Gasteiger charge is -2.47. The highest BCUT2D eigenvalue weighted by atomic mass is 16.6. The van der Waals surface area contributed by atoms with Crippen molar-refractivity contribution in [2.45, 2.75) is 31.5 Å². The van der Waals surface area contributed by atoms with Gasteiger partial charge in [0.15, 0.2) is 5.78 Å². The monoisotopic (exact) mass is 416 g/mol. The summed E-state index contributed by atoms with van der Waals surface area (Å²) in [5.41, 5.74) is 2.26. The summed E-state index contributed by atoms with van der Waals surface area (Å²) in [6.45, 7) is 1.08. The number of rotatable bonds is 4. The third kappa shape index (κ3) is 4.03. The third-order valence-corrected chi connectivity index (χ3v) is 6.16. The first kappa shape index (κ1) is 19.7. The van der Waals surface area contributed by atoms with Gasteiger partial charge in [-0.25, -0.2) is 9.78 Å². The summed E-state index contributed by atoms with van der Waals surface area (Å²) < 4.78 is 11.3. The Hall–Kier alpha value is -3.25. The SMILES string of the molecule is O=C(c1ccc2ccccc2n1)C1CC2COCC(C1)N2C(=O)OCc1ccccc1. The van der Waals surface area contributed by atoms with Crippen molar-refractivity contribution in [2.24, 2.45) is 5.92 Å². The van der Waals surface area contributed by atoms with Crippen LogP contribution < -0.4 is 0 Å². The third-order valence-electron chi connectivity index (χ3n) is 6.16. The molecule has 0 spiro atoms. The van der Waals surface area contributed by atoms with Gasteiger partial charge in [-0.05, 0) is 30.5 Å². The molecular weight excluding hydrogens is 392 g/mol. The molecule has 0 radical (unpaired) electrons. The average Bonchev–Trinajstić information content (AvgIpc) is 2.81. The Morgan fingerprint density at radius 3 is 2.42 bits per heavy atom. The van der Waals surface area contributed by atoms with E-state index in [1.165, 1.54) is 0 Å². The molecule has 2 bridgehead atoms. The first-order valence-corrected chi connectivity index (χ1v) is 10.7. The van der Waals surface area contributed by atoms with E-state index in [0.29, 0.717) is 31.7 Å². The molecule has 1 amide bonds. The van der Waals surface area contributed by atoms with Gasteiger partial charge in [-0.2, -0.15) is 0 Å². The summed E-state index contributed by atoms with van der Waals surface area (Å²) in [7, 11) is 0. The van der Waals surface area contributed by atoms with Crippen molar-refractivity contribution in [3.05, 3.63) is 78.0 Å². The lowest BCUT2D eigenvalue weighted by atomic mass is 9.81. The average molecular weight is 416 g/mol. The molecule has 6 heteroatoms. The van der Waals surface area contributed by atoms with Gasteiger partial charge in [-0.1, -0.05) is 54.6 Å². The number of aromatic nitrogens is 1. The van der Waals surface area contributed by atoms with E-state index in [0.717, 1.165) is 16.5 Å². The Morgan fingerprint density at radius 1 is 0.935 bits per heavy atom. The minimum Gasteiger partial charge on any atom is -0.445 e. The number of ketones is 1. The van der Waals surface area contributed by atoms with Crippen LogP contribution in [0, 0.1) is 5.92 Å². The number of piperidine rings is 1. The van der Waals surface area contributed by atoms with Gasteiger partial charge in [0, 0.05) is 11.3 Å². The lowest BCUT2D eigenvalue weighted by Crippen LogP contribution is -2.60. The van der Waals surface area contributed by atoms with Crippen LogP contribution >= 0.6 is 0 Å². The van der Waals surface area contributed by atoms with Gasteiger partial charge < -0.3 is 9.47 Å². The molecule has 3 heterocycles. The molecule has 3 aromatic rings. The van der Waals surface area contributed by atoms with E-state index in [1.54, 1.807) is 11.0 Å². The molecule has 0 aliphatic carbocycles. The van der Waals surface area contributed by atoms with Gasteiger partial charge in [-0.3, -0.25) is 9.69 Å². The molecule has 158 valence electrons. The minimum absolute atomic E-state index is 0.0416. The maximum atomic E-state index is 13.2. The van der Waals surface area contributed by atoms with Crippen LogP contribution in [0.3, 0.4) is 0 Å². The predicted octanol–water partition coefficient (Wildman–Crippen LogP) is 4.23. The van der Waals surface area contributed by atoms with Gasteiger partial charge in [0.25, 0.3) is 0 Å². The minimum atomic E-state index is -0.336. The van der Waals surface area contributed by atoms with Gasteiger partial charge in [0.2, 0.25) is 0 Å². The van der Waals surface area contributed by atoms with Crippen LogP contribution in [0.1, 0.15) is 28.9 Å². The number of para-hydroxylation sites is 1. The van der Waals surface area contributed by atoms with Crippen LogP contribution in [0.15, 0.2) is 66.7 Å². The Morgan fingerprint density at radius 2 is 1.65 bits per heavy atom. The van der Waals surface area contributed by atoms with Crippen LogP contribution in [-0.2, 0) is 16.1 Å². The Bertz CT molecular complexity index is 1090. The number of Topliss-reactive ketones (excluding diaryl/α,β-unsaturated/α-hetero) is 1. The fourth-order valence-corrected chi connectivity index (χ4v) is 4.63.